The molecule has 0 aromatic heterocycles. The molecule has 0 atom stereocenters. The third kappa shape index (κ3) is 3.53. The van der Waals surface area contributed by atoms with Crippen molar-refractivity contribution in [3.63, 3.8) is 0 Å². The third-order valence-corrected chi connectivity index (χ3v) is 5.52. The van der Waals surface area contributed by atoms with Crippen molar-refractivity contribution in [1.82, 2.24) is 0 Å². The van der Waals surface area contributed by atoms with E-state index in [2.05, 4.69) is 15.0 Å². The van der Waals surface area contributed by atoms with Crippen LogP contribution in [0.5, 0.6) is 0 Å². The van der Waals surface area contributed by atoms with E-state index in [0.717, 1.165) is 34.1 Å². The van der Waals surface area contributed by atoms with Crippen molar-refractivity contribution >= 4 is 34.3 Å². The van der Waals surface area contributed by atoms with Gasteiger partial charge in [0, 0.05) is 5.57 Å². The highest BCUT2D eigenvalue weighted by molar-refractivity contribution is 6.37. The minimum Gasteiger partial charge on any atom is -0.366 e. The maximum absolute atomic E-state index is 12.6. The summed E-state index contributed by atoms with van der Waals surface area (Å²) < 4.78 is 0. The Morgan fingerprint density at radius 1 is 0.636 bits per heavy atom. The van der Waals surface area contributed by atoms with Crippen molar-refractivity contribution in [2.75, 3.05) is 0 Å². The number of aliphatic imine (C=N–C) groups is 4. The lowest BCUT2D eigenvalue weighted by Crippen LogP contribution is -2.16. The second-order valence-electron chi connectivity index (χ2n) is 7.82. The van der Waals surface area contributed by atoms with Crippen molar-refractivity contribution in [2.45, 2.75) is 0 Å². The van der Waals surface area contributed by atoms with E-state index >= 15 is 0 Å². The number of primary amides is 1. The Morgan fingerprint density at radius 3 is 1.76 bits per heavy atom. The molecular formula is C27H17N5O. The number of fused-ring (bicyclic) bond motifs is 4. The molecule has 5 heterocycles. The van der Waals surface area contributed by atoms with Gasteiger partial charge in [-0.25, -0.2) is 20.0 Å². The number of nitrogens with two attached hydrogens (primary N) is 1. The zero-order valence-corrected chi connectivity index (χ0v) is 17.4. The van der Waals surface area contributed by atoms with E-state index in [0.29, 0.717) is 28.3 Å². The van der Waals surface area contributed by atoms with Crippen LogP contribution in [-0.2, 0) is 4.79 Å². The van der Waals surface area contributed by atoms with E-state index in [1.165, 1.54) is 0 Å². The summed E-state index contributed by atoms with van der Waals surface area (Å²) in [5.74, 6) is -0.541. The molecule has 6 heteroatoms. The Labute approximate surface area is 190 Å². The number of amides is 1. The Kier molecular flexibility index (Phi) is 4.30. The molecule has 5 aliphatic rings. The van der Waals surface area contributed by atoms with E-state index in [1.807, 2.05) is 85.0 Å². The number of carbonyl (C=O) groups excluding carboxylic acids is 1. The fourth-order valence-corrected chi connectivity index (χ4v) is 4.10. The molecule has 6 rings (SSSR count). The van der Waals surface area contributed by atoms with Crippen LogP contribution in [0.1, 0.15) is 5.56 Å². The van der Waals surface area contributed by atoms with Gasteiger partial charge in [0.25, 0.3) is 5.91 Å². The number of allylic oxidation sites excluding steroid dienone is 11. The highest BCUT2D eigenvalue weighted by Gasteiger charge is 2.28. The van der Waals surface area contributed by atoms with Crippen LogP contribution < -0.4 is 5.73 Å². The summed E-state index contributed by atoms with van der Waals surface area (Å²) >= 11 is 0. The molecule has 156 valence electrons. The number of hydrogen-bond donors (Lipinski definition) is 1. The van der Waals surface area contributed by atoms with Gasteiger partial charge < -0.3 is 5.73 Å². The second kappa shape index (κ2) is 7.46. The van der Waals surface area contributed by atoms with Gasteiger partial charge in [-0.15, -0.1) is 0 Å². The molecule has 2 N–H and O–H groups in total. The molecule has 1 aromatic carbocycles. The molecule has 8 bridgehead atoms. The first kappa shape index (κ1) is 19.0. The number of carbonyl (C=O) groups is 1. The highest BCUT2D eigenvalue weighted by atomic mass is 16.1. The summed E-state index contributed by atoms with van der Waals surface area (Å²) in [4.78, 5) is 31.3. The first-order valence-electron chi connectivity index (χ1n) is 10.5. The zero-order valence-electron chi connectivity index (χ0n) is 17.4. The van der Waals surface area contributed by atoms with Crippen molar-refractivity contribution in [3.8, 4) is 0 Å². The number of benzene rings is 1. The van der Waals surface area contributed by atoms with Crippen LogP contribution in [0.15, 0.2) is 139 Å². The van der Waals surface area contributed by atoms with Gasteiger partial charge in [-0.05, 0) is 66.3 Å². The SMILES string of the molecule is NC(=O)C1=C(c2ccccc2)C2=NC1=CC1=NC(=CC3=NC(=CC4=NC(=C2)C=C4)C=C3)C=C1. The summed E-state index contributed by atoms with van der Waals surface area (Å²) in [7, 11) is 0. The largest absolute Gasteiger partial charge is 0.366 e. The Balaban J connectivity index is 1.59. The molecule has 6 nitrogen and oxygen atoms in total. The van der Waals surface area contributed by atoms with Crippen LogP contribution in [0.3, 0.4) is 0 Å². The van der Waals surface area contributed by atoms with Gasteiger partial charge in [0.15, 0.2) is 0 Å². The Bertz CT molecular complexity index is 1500. The standard InChI is InChI=1S/C27H17N5O/c28-27(33)26-24-15-22-11-9-20(31-22)13-18-7-6-17(29-18)12-19-8-10-21(30-19)14-23(32-24)25(26)16-4-2-1-3-5-16/h1-15H,(H2,28,33). The molecule has 0 saturated carbocycles. The lowest BCUT2D eigenvalue weighted by Gasteiger charge is -2.07. The van der Waals surface area contributed by atoms with Crippen molar-refractivity contribution < 1.29 is 4.79 Å². The monoisotopic (exact) mass is 427 g/mol. The molecule has 5 aliphatic heterocycles. The predicted octanol–water partition coefficient (Wildman–Crippen LogP) is 3.96. The van der Waals surface area contributed by atoms with Gasteiger partial charge >= 0.3 is 0 Å². The van der Waals surface area contributed by atoms with Crippen LogP contribution in [-0.4, -0.2) is 28.8 Å². The molecule has 1 amide bonds. The topological polar surface area (TPSA) is 92.5 Å². The maximum Gasteiger partial charge on any atom is 0.251 e. The fourth-order valence-electron chi connectivity index (χ4n) is 4.10. The van der Waals surface area contributed by atoms with Gasteiger partial charge in [0.2, 0.25) is 0 Å². The maximum atomic E-state index is 12.6. The van der Waals surface area contributed by atoms with Crippen LogP contribution in [0.25, 0.3) is 5.57 Å². The van der Waals surface area contributed by atoms with Gasteiger partial charge in [-0.2, -0.15) is 0 Å². The molecule has 0 fully saturated rings. The first-order chi connectivity index (χ1) is 16.1. The fraction of sp³-hybridized carbons (Fsp3) is 0. The van der Waals surface area contributed by atoms with Gasteiger partial charge in [0.1, 0.15) is 0 Å². The minimum absolute atomic E-state index is 0.366. The van der Waals surface area contributed by atoms with E-state index in [1.54, 1.807) is 6.08 Å². The molecule has 0 radical (unpaired) electrons. The second-order valence-corrected chi connectivity index (χ2v) is 7.82. The van der Waals surface area contributed by atoms with Crippen LogP contribution >= 0.6 is 0 Å². The minimum atomic E-state index is -0.541. The molecule has 0 aliphatic carbocycles. The first-order valence-corrected chi connectivity index (χ1v) is 10.5. The molecule has 0 unspecified atom stereocenters. The summed E-state index contributed by atoms with van der Waals surface area (Å²) in [5.41, 5.74) is 13.5. The number of rotatable bonds is 2. The molecule has 0 spiro atoms. The van der Waals surface area contributed by atoms with Crippen molar-refractivity contribution in [1.29, 1.82) is 0 Å². The summed E-state index contributed by atoms with van der Waals surface area (Å²) in [6.45, 7) is 0. The van der Waals surface area contributed by atoms with Gasteiger partial charge in [-0.1, -0.05) is 30.3 Å². The Hall–Kier alpha value is -4.71. The van der Waals surface area contributed by atoms with Crippen molar-refractivity contribution in [3.05, 3.63) is 125 Å². The van der Waals surface area contributed by atoms with Gasteiger partial charge in [-0.3, -0.25) is 4.79 Å². The Morgan fingerprint density at radius 2 is 1.18 bits per heavy atom. The predicted molar refractivity (Wildman–Crippen MR) is 132 cm³/mol. The average molecular weight is 427 g/mol. The highest BCUT2D eigenvalue weighted by Crippen LogP contribution is 2.34. The molecule has 0 saturated heterocycles. The summed E-state index contributed by atoms with van der Waals surface area (Å²) in [6, 6.07) is 9.65. The lowest BCUT2D eigenvalue weighted by atomic mass is 9.95. The van der Waals surface area contributed by atoms with E-state index in [9.17, 15) is 4.79 Å². The van der Waals surface area contributed by atoms with E-state index in [-0.39, 0.29) is 0 Å². The average Bonchev–Trinajstić information content (AvgIpc) is 3.58. The molecular weight excluding hydrogens is 410 g/mol. The van der Waals surface area contributed by atoms with E-state index < -0.39 is 5.91 Å². The molecule has 1 aromatic rings. The molecule has 33 heavy (non-hydrogen) atoms. The number of nitrogens with zero attached hydrogens (tertiary/aromatic N) is 4. The zero-order chi connectivity index (χ0) is 22.4. The smallest absolute Gasteiger partial charge is 0.251 e. The van der Waals surface area contributed by atoms with Crippen LogP contribution in [0, 0.1) is 0 Å². The van der Waals surface area contributed by atoms with Gasteiger partial charge in [0.05, 0.1) is 51.2 Å². The number of hydrogen-bond acceptors (Lipinski definition) is 5. The van der Waals surface area contributed by atoms with E-state index in [4.69, 9.17) is 10.7 Å². The third-order valence-electron chi connectivity index (χ3n) is 5.52. The quantitative estimate of drug-likeness (QED) is 0.760. The van der Waals surface area contributed by atoms with Crippen molar-refractivity contribution in [2.24, 2.45) is 25.7 Å². The lowest BCUT2D eigenvalue weighted by molar-refractivity contribution is -0.114. The normalized spacial score (nSPS) is 20.1. The van der Waals surface area contributed by atoms with Crippen LogP contribution in [0.2, 0.25) is 0 Å². The summed E-state index contributed by atoms with van der Waals surface area (Å²) in [5, 5.41) is 0. The summed E-state index contributed by atoms with van der Waals surface area (Å²) in [6.07, 6.45) is 19.0. The van der Waals surface area contributed by atoms with Crippen LogP contribution in [0.4, 0.5) is 0 Å².